The number of hydrogen-bond acceptors (Lipinski definition) is 5. The summed E-state index contributed by atoms with van der Waals surface area (Å²) < 4.78 is 4.28. The number of nitriles is 1. The molecule has 2 aromatic rings. The molecule has 5 heteroatoms. The third-order valence-corrected chi connectivity index (χ3v) is 3.14. The van der Waals surface area contributed by atoms with E-state index in [-0.39, 0.29) is 0 Å². The minimum Gasteiger partial charge on any atom is -0.356 e. The Hall–Kier alpha value is -1.93. The molecule has 0 bridgehead atoms. The van der Waals surface area contributed by atoms with Crippen LogP contribution in [0.15, 0.2) is 24.3 Å². The molecule has 0 saturated carbocycles. The SMILES string of the molecule is CC(C)c1nsc(NCc2cccc(C#N)c2)n1. The molecule has 0 spiro atoms. The molecule has 4 nitrogen and oxygen atoms in total. The summed E-state index contributed by atoms with van der Waals surface area (Å²) in [6.45, 7) is 4.80. The Morgan fingerprint density at radius 2 is 2.28 bits per heavy atom. The average molecular weight is 258 g/mol. The second kappa shape index (κ2) is 5.61. The molecule has 1 aromatic heterocycles. The summed E-state index contributed by atoms with van der Waals surface area (Å²) in [6, 6.07) is 9.67. The van der Waals surface area contributed by atoms with Crippen LogP contribution in [0.4, 0.5) is 5.13 Å². The van der Waals surface area contributed by atoms with E-state index >= 15 is 0 Å². The van der Waals surface area contributed by atoms with Gasteiger partial charge in [0.25, 0.3) is 0 Å². The fraction of sp³-hybridized carbons (Fsp3) is 0.308. The normalized spacial score (nSPS) is 10.3. The van der Waals surface area contributed by atoms with Gasteiger partial charge in [-0.05, 0) is 17.7 Å². The predicted octanol–water partition coefficient (Wildman–Crippen LogP) is 3.15. The van der Waals surface area contributed by atoms with Crippen molar-refractivity contribution in [3.05, 3.63) is 41.2 Å². The van der Waals surface area contributed by atoms with Crippen molar-refractivity contribution in [2.24, 2.45) is 0 Å². The van der Waals surface area contributed by atoms with Crippen LogP contribution in [-0.2, 0) is 6.54 Å². The van der Waals surface area contributed by atoms with Gasteiger partial charge in [0.1, 0.15) is 5.82 Å². The minimum absolute atomic E-state index is 0.346. The van der Waals surface area contributed by atoms with Crippen LogP contribution in [-0.4, -0.2) is 9.36 Å². The summed E-state index contributed by atoms with van der Waals surface area (Å²) >= 11 is 1.37. The van der Waals surface area contributed by atoms with Crippen LogP contribution in [0, 0.1) is 11.3 Å². The van der Waals surface area contributed by atoms with E-state index < -0.39 is 0 Å². The number of nitrogens with one attached hydrogen (secondary N) is 1. The lowest BCUT2D eigenvalue weighted by molar-refractivity contribution is 0.799. The molecule has 0 atom stereocenters. The maximum Gasteiger partial charge on any atom is 0.202 e. The number of hydrogen-bond donors (Lipinski definition) is 1. The minimum atomic E-state index is 0.346. The van der Waals surface area contributed by atoms with Gasteiger partial charge < -0.3 is 5.32 Å². The van der Waals surface area contributed by atoms with Gasteiger partial charge in [-0.2, -0.15) is 9.64 Å². The largest absolute Gasteiger partial charge is 0.356 e. The first kappa shape index (κ1) is 12.5. The molecule has 0 aliphatic rings. The summed E-state index contributed by atoms with van der Waals surface area (Å²) in [5.41, 5.74) is 1.74. The Morgan fingerprint density at radius 1 is 1.44 bits per heavy atom. The standard InChI is InChI=1S/C13H14N4S/c1-9(2)12-16-13(18-17-12)15-8-11-5-3-4-10(6-11)7-14/h3-6,9H,8H2,1-2H3,(H,15,16,17). The van der Waals surface area contributed by atoms with Crippen molar-refractivity contribution in [3.63, 3.8) is 0 Å². The van der Waals surface area contributed by atoms with Crippen LogP contribution in [0.1, 0.15) is 36.7 Å². The van der Waals surface area contributed by atoms with Crippen molar-refractivity contribution in [2.45, 2.75) is 26.3 Å². The first-order chi connectivity index (χ1) is 8.69. The van der Waals surface area contributed by atoms with Gasteiger partial charge >= 0.3 is 0 Å². The van der Waals surface area contributed by atoms with Gasteiger partial charge in [0, 0.05) is 24.0 Å². The van der Waals surface area contributed by atoms with Crippen LogP contribution in [0.5, 0.6) is 0 Å². The topological polar surface area (TPSA) is 61.6 Å². The zero-order valence-electron chi connectivity index (χ0n) is 10.3. The molecule has 92 valence electrons. The van der Waals surface area contributed by atoms with Crippen LogP contribution >= 0.6 is 11.5 Å². The number of anilines is 1. The van der Waals surface area contributed by atoms with Gasteiger partial charge in [-0.3, -0.25) is 0 Å². The Labute approximate surface area is 110 Å². The number of aromatic nitrogens is 2. The molecule has 0 saturated heterocycles. The second-order valence-electron chi connectivity index (χ2n) is 4.28. The van der Waals surface area contributed by atoms with Crippen molar-refractivity contribution < 1.29 is 0 Å². The quantitative estimate of drug-likeness (QED) is 0.915. The number of benzene rings is 1. The second-order valence-corrected chi connectivity index (χ2v) is 5.03. The molecule has 0 fully saturated rings. The van der Waals surface area contributed by atoms with E-state index in [9.17, 15) is 0 Å². The molecule has 2 rings (SSSR count). The Kier molecular flexibility index (Phi) is 3.90. The lowest BCUT2D eigenvalue weighted by Gasteiger charge is -2.02. The maximum atomic E-state index is 8.82. The van der Waals surface area contributed by atoms with Gasteiger partial charge in [0.15, 0.2) is 0 Å². The van der Waals surface area contributed by atoms with Crippen molar-refractivity contribution >= 4 is 16.7 Å². The smallest absolute Gasteiger partial charge is 0.202 e. The summed E-state index contributed by atoms with van der Waals surface area (Å²) in [5, 5.41) is 12.9. The molecule has 0 aliphatic heterocycles. The molecule has 1 N–H and O–H groups in total. The molecule has 1 aromatic carbocycles. The highest BCUT2D eigenvalue weighted by molar-refractivity contribution is 7.09. The van der Waals surface area contributed by atoms with E-state index in [2.05, 4.69) is 34.6 Å². The molecule has 18 heavy (non-hydrogen) atoms. The predicted molar refractivity (Wildman–Crippen MR) is 72.5 cm³/mol. The van der Waals surface area contributed by atoms with Crippen molar-refractivity contribution in [1.29, 1.82) is 5.26 Å². The van der Waals surface area contributed by atoms with Crippen LogP contribution in [0.25, 0.3) is 0 Å². The average Bonchev–Trinajstić information content (AvgIpc) is 2.85. The van der Waals surface area contributed by atoms with Crippen LogP contribution in [0.3, 0.4) is 0 Å². The van der Waals surface area contributed by atoms with E-state index in [1.807, 2.05) is 18.2 Å². The highest BCUT2D eigenvalue weighted by Crippen LogP contribution is 2.18. The molecule has 0 amide bonds. The Morgan fingerprint density at radius 3 is 2.94 bits per heavy atom. The fourth-order valence-corrected chi connectivity index (χ4v) is 2.17. The lowest BCUT2D eigenvalue weighted by atomic mass is 10.1. The third-order valence-electron chi connectivity index (χ3n) is 2.46. The fourth-order valence-electron chi connectivity index (χ4n) is 1.47. The monoisotopic (exact) mass is 258 g/mol. The summed E-state index contributed by atoms with van der Waals surface area (Å²) in [7, 11) is 0. The summed E-state index contributed by atoms with van der Waals surface area (Å²) in [5.74, 6) is 1.21. The molecule has 1 heterocycles. The highest BCUT2D eigenvalue weighted by Gasteiger charge is 2.07. The van der Waals surface area contributed by atoms with Crippen LogP contribution in [0.2, 0.25) is 0 Å². The first-order valence-corrected chi connectivity index (χ1v) is 6.53. The van der Waals surface area contributed by atoms with E-state index in [0.29, 0.717) is 18.0 Å². The van der Waals surface area contributed by atoms with Gasteiger partial charge in [-0.25, -0.2) is 4.98 Å². The van der Waals surface area contributed by atoms with Crippen molar-refractivity contribution in [1.82, 2.24) is 9.36 Å². The number of rotatable bonds is 4. The number of nitrogens with zero attached hydrogens (tertiary/aromatic N) is 3. The van der Waals surface area contributed by atoms with E-state index in [4.69, 9.17) is 5.26 Å². The molecule has 0 unspecified atom stereocenters. The van der Waals surface area contributed by atoms with Crippen molar-refractivity contribution in [2.75, 3.05) is 5.32 Å². The van der Waals surface area contributed by atoms with E-state index in [1.54, 1.807) is 6.07 Å². The van der Waals surface area contributed by atoms with Gasteiger partial charge in [-0.15, -0.1) is 0 Å². The highest BCUT2D eigenvalue weighted by atomic mass is 32.1. The van der Waals surface area contributed by atoms with Gasteiger partial charge in [0.05, 0.1) is 11.6 Å². The summed E-state index contributed by atoms with van der Waals surface area (Å²) in [6.07, 6.45) is 0. The van der Waals surface area contributed by atoms with Gasteiger partial charge in [0.2, 0.25) is 5.13 Å². The van der Waals surface area contributed by atoms with Gasteiger partial charge in [-0.1, -0.05) is 26.0 Å². The molecular formula is C13H14N4S. The zero-order chi connectivity index (χ0) is 13.0. The van der Waals surface area contributed by atoms with Crippen molar-refractivity contribution in [3.8, 4) is 6.07 Å². The maximum absolute atomic E-state index is 8.82. The zero-order valence-corrected chi connectivity index (χ0v) is 11.2. The molecule has 0 radical (unpaired) electrons. The lowest BCUT2D eigenvalue weighted by Crippen LogP contribution is -1.99. The summed E-state index contributed by atoms with van der Waals surface area (Å²) in [4.78, 5) is 4.40. The van der Waals surface area contributed by atoms with E-state index in [1.165, 1.54) is 11.5 Å². The molecular weight excluding hydrogens is 244 g/mol. The molecule has 0 aliphatic carbocycles. The Bertz CT molecular complexity index is 568. The van der Waals surface area contributed by atoms with Crippen LogP contribution < -0.4 is 5.32 Å². The first-order valence-electron chi connectivity index (χ1n) is 5.75. The van der Waals surface area contributed by atoms with E-state index in [0.717, 1.165) is 16.5 Å². The third kappa shape index (κ3) is 3.05. The Balaban J connectivity index is 2.00.